The van der Waals surface area contributed by atoms with Crippen molar-refractivity contribution >= 4 is 44.6 Å². The van der Waals surface area contributed by atoms with Gasteiger partial charge >= 0.3 is 0 Å². The van der Waals surface area contributed by atoms with Crippen LogP contribution in [0.5, 0.6) is 11.5 Å². The van der Waals surface area contributed by atoms with E-state index in [9.17, 15) is 4.79 Å². The van der Waals surface area contributed by atoms with Crippen LogP contribution < -0.4 is 14.8 Å². The molecule has 0 spiro atoms. The highest BCUT2D eigenvalue weighted by Crippen LogP contribution is 2.37. The SMILES string of the molecule is C=C(C)COc1ccc(NC(=O)c2sc3cc(OC)ccc3c2Cl)cc1. The Morgan fingerprint density at radius 2 is 1.88 bits per heavy atom. The Bertz CT molecular complexity index is 963. The average Bonchev–Trinajstić information content (AvgIpc) is 2.97. The van der Waals surface area contributed by atoms with Gasteiger partial charge in [0.2, 0.25) is 0 Å². The number of hydrogen-bond acceptors (Lipinski definition) is 4. The summed E-state index contributed by atoms with van der Waals surface area (Å²) < 4.78 is 11.7. The van der Waals surface area contributed by atoms with E-state index in [0.29, 0.717) is 22.2 Å². The van der Waals surface area contributed by atoms with E-state index >= 15 is 0 Å². The van der Waals surface area contributed by atoms with E-state index in [1.54, 1.807) is 31.4 Å². The maximum Gasteiger partial charge on any atom is 0.267 e. The Morgan fingerprint density at radius 1 is 1.19 bits per heavy atom. The summed E-state index contributed by atoms with van der Waals surface area (Å²) in [5.41, 5.74) is 1.61. The number of halogens is 1. The van der Waals surface area contributed by atoms with Gasteiger partial charge in [-0.05, 0) is 55.0 Å². The molecule has 0 aliphatic carbocycles. The summed E-state index contributed by atoms with van der Waals surface area (Å²) in [4.78, 5) is 13.1. The van der Waals surface area contributed by atoms with Crippen LogP contribution in [0.15, 0.2) is 54.6 Å². The number of fused-ring (bicyclic) bond motifs is 1. The van der Waals surface area contributed by atoms with E-state index in [2.05, 4.69) is 11.9 Å². The van der Waals surface area contributed by atoms with Crippen molar-refractivity contribution in [1.82, 2.24) is 0 Å². The molecule has 0 aliphatic heterocycles. The lowest BCUT2D eigenvalue weighted by molar-refractivity contribution is 0.103. The number of rotatable bonds is 6. The molecule has 1 aromatic heterocycles. The first-order valence-corrected chi connectivity index (χ1v) is 9.12. The summed E-state index contributed by atoms with van der Waals surface area (Å²) in [6.45, 7) is 6.16. The highest BCUT2D eigenvalue weighted by molar-refractivity contribution is 7.21. The van der Waals surface area contributed by atoms with E-state index in [4.69, 9.17) is 21.1 Å². The molecule has 0 saturated heterocycles. The largest absolute Gasteiger partial charge is 0.497 e. The fourth-order valence-electron chi connectivity index (χ4n) is 2.35. The van der Waals surface area contributed by atoms with Gasteiger partial charge in [0, 0.05) is 15.8 Å². The van der Waals surface area contributed by atoms with Gasteiger partial charge in [0.05, 0.1) is 12.1 Å². The number of hydrogen-bond donors (Lipinski definition) is 1. The van der Waals surface area contributed by atoms with Crippen LogP contribution in [0.1, 0.15) is 16.6 Å². The molecule has 4 nitrogen and oxygen atoms in total. The van der Waals surface area contributed by atoms with E-state index in [1.807, 2.05) is 25.1 Å². The van der Waals surface area contributed by atoms with Crippen molar-refractivity contribution < 1.29 is 14.3 Å². The minimum atomic E-state index is -0.245. The lowest BCUT2D eigenvalue weighted by Crippen LogP contribution is -2.10. The van der Waals surface area contributed by atoms with Gasteiger partial charge in [-0.1, -0.05) is 18.2 Å². The van der Waals surface area contributed by atoms with Gasteiger partial charge in [0.15, 0.2) is 0 Å². The highest BCUT2D eigenvalue weighted by atomic mass is 35.5. The van der Waals surface area contributed by atoms with E-state index < -0.39 is 0 Å². The molecule has 0 fully saturated rings. The van der Waals surface area contributed by atoms with Crippen LogP contribution in [0, 0.1) is 0 Å². The third-order valence-electron chi connectivity index (χ3n) is 3.64. The molecule has 0 bridgehead atoms. The predicted octanol–water partition coefficient (Wildman–Crippen LogP) is 5.77. The van der Waals surface area contributed by atoms with Crippen molar-refractivity contribution in [2.75, 3.05) is 19.0 Å². The Kier molecular flexibility index (Phi) is 5.49. The lowest BCUT2D eigenvalue weighted by Gasteiger charge is -2.08. The second kappa shape index (κ2) is 7.81. The standard InChI is InChI=1S/C20H18ClNO3S/c1-12(2)11-25-14-6-4-13(5-7-14)22-20(23)19-18(21)16-9-8-15(24-3)10-17(16)26-19/h4-10H,1,11H2,2-3H3,(H,22,23). The molecular formula is C20H18ClNO3S. The maximum atomic E-state index is 12.6. The number of nitrogens with one attached hydrogen (secondary N) is 1. The molecule has 26 heavy (non-hydrogen) atoms. The summed E-state index contributed by atoms with van der Waals surface area (Å²) in [6.07, 6.45) is 0. The van der Waals surface area contributed by atoms with Crippen LogP contribution in [-0.2, 0) is 0 Å². The molecule has 0 saturated carbocycles. The number of ether oxygens (including phenoxy) is 2. The molecule has 0 aliphatic rings. The van der Waals surface area contributed by atoms with Crippen LogP contribution >= 0.6 is 22.9 Å². The number of amides is 1. The maximum absolute atomic E-state index is 12.6. The summed E-state index contributed by atoms with van der Waals surface area (Å²) in [5, 5.41) is 4.15. The van der Waals surface area contributed by atoms with Gasteiger partial charge in [-0.25, -0.2) is 0 Å². The molecule has 6 heteroatoms. The zero-order valence-corrected chi connectivity index (χ0v) is 16.0. The average molecular weight is 388 g/mol. The minimum absolute atomic E-state index is 0.245. The van der Waals surface area contributed by atoms with Crippen LogP contribution in [-0.4, -0.2) is 19.6 Å². The van der Waals surface area contributed by atoms with Gasteiger partial charge in [-0.3, -0.25) is 4.79 Å². The molecule has 0 unspecified atom stereocenters. The second-order valence-electron chi connectivity index (χ2n) is 5.83. The molecule has 1 heterocycles. The van der Waals surface area contributed by atoms with Crippen LogP contribution in [0.2, 0.25) is 5.02 Å². The summed E-state index contributed by atoms with van der Waals surface area (Å²) >= 11 is 7.73. The quantitative estimate of drug-likeness (QED) is 0.546. The first-order chi connectivity index (χ1) is 12.5. The van der Waals surface area contributed by atoms with Crippen molar-refractivity contribution in [1.29, 1.82) is 0 Å². The Hall–Kier alpha value is -2.50. The van der Waals surface area contributed by atoms with E-state index in [0.717, 1.165) is 27.2 Å². The molecule has 2 aromatic carbocycles. The molecule has 0 radical (unpaired) electrons. The van der Waals surface area contributed by atoms with Crippen LogP contribution in [0.4, 0.5) is 5.69 Å². The number of carbonyl (C=O) groups is 1. The van der Waals surface area contributed by atoms with Crippen molar-refractivity contribution in [3.63, 3.8) is 0 Å². The molecule has 0 atom stereocenters. The zero-order chi connectivity index (χ0) is 18.7. The third kappa shape index (κ3) is 4.00. The van der Waals surface area contributed by atoms with Crippen molar-refractivity contribution in [2.24, 2.45) is 0 Å². The van der Waals surface area contributed by atoms with Gasteiger partial charge in [-0.2, -0.15) is 0 Å². The molecule has 1 N–H and O–H groups in total. The van der Waals surface area contributed by atoms with E-state index in [-0.39, 0.29) is 5.91 Å². The Balaban J connectivity index is 1.76. The fraction of sp³-hybridized carbons (Fsp3) is 0.150. The van der Waals surface area contributed by atoms with Gasteiger partial charge in [0.25, 0.3) is 5.91 Å². The molecule has 1 amide bonds. The summed E-state index contributed by atoms with van der Waals surface area (Å²) in [5.74, 6) is 1.21. The third-order valence-corrected chi connectivity index (χ3v) is 5.30. The number of benzene rings is 2. The minimum Gasteiger partial charge on any atom is -0.497 e. The molecule has 3 aromatic rings. The number of anilines is 1. The predicted molar refractivity (Wildman–Crippen MR) is 108 cm³/mol. The normalized spacial score (nSPS) is 10.6. The van der Waals surface area contributed by atoms with Gasteiger partial charge in [-0.15, -0.1) is 11.3 Å². The molecular weight excluding hydrogens is 370 g/mol. The first kappa shape index (κ1) is 18.3. The number of carbonyl (C=O) groups excluding carboxylic acids is 1. The van der Waals surface area contributed by atoms with Crippen LogP contribution in [0.3, 0.4) is 0 Å². The Morgan fingerprint density at radius 3 is 2.54 bits per heavy atom. The van der Waals surface area contributed by atoms with Gasteiger partial charge in [0.1, 0.15) is 23.0 Å². The number of thiophene rings is 1. The first-order valence-electron chi connectivity index (χ1n) is 7.92. The summed E-state index contributed by atoms with van der Waals surface area (Å²) in [7, 11) is 1.60. The lowest BCUT2D eigenvalue weighted by atomic mass is 10.2. The van der Waals surface area contributed by atoms with Crippen molar-refractivity contribution in [2.45, 2.75) is 6.92 Å². The fourth-order valence-corrected chi connectivity index (χ4v) is 3.79. The smallest absolute Gasteiger partial charge is 0.267 e. The monoisotopic (exact) mass is 387 g/mol. The van der Waals surface area contributed by atoms with Gasteiger partial charge < -0.3 is 14.8 Å². The Labute approximate surface area is 161 Å². The molecule has 3 rings (SSSR count). The van der Waals surface area contributed by atoms with Crippen LogP contribution in [0.25, 0.3) is 10.1 Å². The van der Waals surface area contributed by atoms with Crippen molar-refractivity contribution in [3.05, 3.63) is 64.5 Å². The summed E-state index contributed by atoms with van der Waals surface area (Å²) in [6, 6.07) is 12.7. The molecule has 134 valence electrons. The zero-order valence-electron chi connectivity index (χ0n) is 14.5. The second-order valence-corrected chi connectivity index (χ2v) is 7.26. The highest BCUT2D eigenvalue weighted by Gasteiger charge is 2.17. The van der Waals surface area contributed by atoms with E-state index in [1.165, 1.54) is 11.3 Å². The topological polar surface area (TPSA) is 47.6 Å². The number of methoxy groups -OCH3 is 1. The van der Waals surface area contributed by atoms with Crippen molar-refractivity contribution in [3.8, 4) is 11.5 Å².